The van der Waals surface area contributed by atoms with Crippen molar-refractivity contribution in [2.45, 2.75) is 115 Å². The van der Waals surface area contributed by atoms with Crippen LogP contribution in [0.2, 0.25) is 10.3 Å². The van der Waals surface area contributed by atoms with Crippen molar-refractivity contribution in [1.82, 2.24) is 94.3 Å². The number of nitrogens with one attached hydrogen (secondary N) is 1. The lowest BCUT2D eigenvalue weighted by molar-refractivity contribution is -0.389. The van der Waals surface area contributed by atoms with Gasteiger partial charge in [0.2, 0.25) is 41.5 Å². The first-order valence-corrected chi connectivity index (χ1v) is 46.9. The quantitative estimate of drug-likeness (QED) is 0.0190. The van der Waals surface area contributed by atoms with Crippen LogP contribution in [0.1, 0.15) is 43.2 Å². The Morgan fingerprint density at radius 3 is 1.06 bits per heavy atom. The van der Waals surface area contributed by atoms with E-state index in [0.717, 1.165) is 149 Å². The molecular weight excluding hydrogens is 1930 g/mol. The van der Waals surface area contributed by atoms with E-state index in [0.29, 0.717) is 115 Å². The largest absolute Gasteiger partial charge is 0.497 e. The summed E-state index contributed by atoms with van der Waals surface area (Å²) in [6, 6.07) is 30.5. The van der Waals surface area contributed by atoms with Gasteiger partial charge in [-0.25, -0.2) is 29.9 Å². The number of aromatic amines is 1. The lowest BCUT2D eigenvalue weighted by Gasteiger charge is -2.21. The fourth-order valence-corrected chi connectivity index (χ4v) is 18.0. The number of pyridine rings is 4. The van der Waals surface area contributed by atoms with Gasteiger partial charge in [0.1, 0.15) is 40.8 Å². The predicted octanol–water partition coefficient (Wildman–Crippen LogP) is 13.0. The highest BCUT2D eigenvalue weighted by atomic mass is 127. The number of nitrogens with two attached hydrogens (primary N) is 1. The van der Waals surface area contributed by atoms with E-state index < -0.39 is 14.8 Å². The summed E-state index contributed by atoms with van der Waals surface area (Å²) in [6.07, 6.45) is 19.9. The monoisotopic (exact) mass is 2030 g/mol. The summed E-state index contributed by atoms with van der Waals surface area (Å²) < 4.78 is 23.4. The van der Waals surface area contributed by atoms with E-state index in [9.17, 15) is 35.1 Å². The van der Waals surface area contributed by atoms with Crippen molar-refractivity contribution >= 4 is 146 Å². The fourth-order valence-electron chi connectivity index (χ4n) is 14.1. The third-order valence-electron chi connectivity index (χ3n) is 21.9. The first-order valence-electron chi connectivity index (χ1n) is 41.8. The zero-order valence-electron chi connectivity index (χ0n) is 74.8. The van der Waals surface area contributed by atoms with Gasteiger partial charge in [-0.2, -0.15) is 19.9 Å². The Labute approximate surface area is 804 Å². The SMILES string of the molecule is CN(C)C1CCN(c2ncc(Sc3ccc(N)nc3)c(Cl)n2)C1.CN(C)C1CCN(c2ncc(Sc3ccc([N+](=O)[O-])nc3)c(=O)[nH]2)C1.CN(C)C1CCN(c2ncc(Sc3ccc([N+](=O)[O-])nc3)c(Cl)n2)C1.COc1ccc(COc2nc(N3CCC(N(C)C)C3)ncc2I)cc1.COc1ccc(COc2nc(N3CCC(N(C)C)C3)ncc2Sc2ccc([N+](=O)[O-])nc2)cc1. The topological polar surface area (TPSA) is 425 Å². The van der Waals surface area contributed by atoms with Gasteiger partial charge in [-0.15, -0.1) is 0 Å². The number of benzene rings is 2. The first-order chi connectivity index (χ1) is 63.4. The standard InChI is InChI=1S/C23H26N6O4S.C18H23IN4O2.C15H17ClN6O2S.C15H19ClN6S.C15H18N6O3S/c1-27(2)17-10-11-28(14-17)23-25-13-20(34-19-8-9-21(24-12-19)29(30)31)22(26-23)33-15-16-4-6-18(32-3)7-5-16;1-22(2)14-8-9-23(11-14)18-20-10-16(19)17(21-18)25-12-13-4-6-15(24-3)7-5-13;1-20(2)10-5-6-21(9-10)15-18-8-12(14(16)19-15)25-11-3-4-13(17-7-11)22(23)24;1-21(2)10-5-6-22(9-10)15-19-8-12(14(16)20-15)23-11-3-4-13(17)18-7-11;1-19(2)10-5-6-20(9-10)15-17-8-12(14(22)18-15)25-11-3-4-13(16-7-11)21(23)24/h4-9,12-13,17H,10-11,14-15H2,1-3H3;4-7,10,14H,8-9,11-12H2,1-3H3;3-4,7-8,10H,5-6,9H2,1-2H3;3-4,7-8,10H,5-6,9H2,1-2H3,(H2,17,18);3-4,7-8,10H,5-6,9H2,1-2H3,(H,17,18,22). The molecule has 5 fully saturated rings. The number of likely N-dealkylation sites (N-methyl/N-ethyl adjacent to an activating group) is 5. The molecule has 0 bridgehead atoms. The number of H-pyrrole nitrogens is 1. The molecule has 11 aromatic rings. The third-order valence-corrected chi connectivity index (χ3v) is 27.4. The summed E-state index contributed by atoms with van der Waals surface area (Å²) in [5.41, 5.74) is 7.41. The molecule has 132 heavy (non-hydrogen) atoms. The van der Waals surface area contributed by atoms with Crippen LogP contribution in [0.3, 0.4) is 0 Å². The van der Waals surface area contributed by atoms with E-state index in [1.165, 1.54) is 90.0 Å². The minimum absolute atomic E-state index is 0.188. The predicted molar refractivity (Wildman–Crippen MR) is 520 cm³/mol. The zero-order valence-corrected chi connectivity index (χ0v) is 81.7. The fraction of sp³-hybridized carbons (Fsp3) is 0.395. The average molecular weight is 2030 g/mol. The van der Waals surface area contributed by atoms with E-state index >= 15 is 0 Å². The van der Waals surface area contributed by atoms with Crippen molar-refractivity contribution in [2.24, 2.45) is 0 Å². The number of nitrogen functional groups attached to an aromatic ring is 1. The van der Waals surface area contributed by atoms with Crippen molar-refractivity contribution in [1.29, 1.82) is 0 Å². The molecule has 46 heteroatoms. The summed E-state index contributed by atoms with van der Waals surface area (Å²) in [7, 11) is 24.1. The lowest BCUT2D eigenvalue weighted by atomic mass is 10.2. The maximum absolute atomic E-state index is 12.3. The molecule has 0 radical (unpaired) electrons. The number of aromatic nitrogens is 14. The van der Waals surface area contributed by atoms with Crippen LogP contribution < -0.4 is 54.7 Å². The molecule has 9 aromatic heterocycles. The first kappa shape index (κ1) is 100.0. The zero-order chi connectivity index (χ0) is 94.2. The van der Waals surface area contributed by atoms with Crippen LogP contribution in [0.5, 0.6) is 23.3 Å². The van der Waals surface area contributed by atoms with Crippen molar-refractivity contribution in [2.75, 3.05) is 180 Å². The smallest absolute Gasteiger partial charge is 0.363 e. The Bertz CT molecular complexity index is 5720. The van der Waals surface area contributed by atoms with E-state index in [1.807, 2.05) is 74.9 Å². The minimum atomic E-state index is -0.561. The van der Waals surface area contributed by atoms with E-state index in [1.54, 1.807) is 63.3 Å². The molecule has 39 nitrogen and oxygen atoms in total. The number of methoxy groups -OCH3 is 2. The minimum Gasteiger partial charge on any atom is -0.497 e. The van der Waals surface area contributed by atoms with Crippen molar-refractivity contribution in [3.05, 3.63) is 219 Å². The van der Waals surface area contributed by atoms with Crippen LogP contribution in [0, 0.1) is 33.9 Å². The Morgan fingerprint density at radius 1 is 0.409 bits per heavy atom. The van der Waals surface area contributed by atoms with Gasteiger partial charge >= 0.3 is 17.5 Å². The van der Waals surface area contributed by atoms with Gasteiger partial charge in [0.15, 0.2) is 18.6 Å². The van der Waals surface area contributed by atoms with Crippen molar-refractivity contribution in [3.63, 3.8) is 0 Å². The molecule has 3 N–H and O–H groups in total. The highest BCUT2D eigenvalue weighted by molar-refractivity contribution is 14.1. The maximum atomic E-state index is 12.3. The molecule has 5 atom stereocenters. The number of nitrogens with zero attached hydrogens (tertiary/aromatic N) is 26. The average Bonchev–Trinajstić information content (AvgIpc) is 1.57. The van der Waals surface area contributed by atoms with Gasteiger partial charge in [0, 0.05) is 144 Å². The molecule has 5 aliphatic heterocycles. The van der Waals surface area contributed by atoms with Gasteiger partial charge in [0.25, 0.3) is 5.56 Å². The second-order valence-corrected chi connectivity index (χ2v) is 38.2. The number of rotatable bonds is 29. The second kappa shape index (κ2) is 48.0. The number of halogens is 3. The Balaban J connectivity index is 0.000000150. The molecule has 16 rings (SSSR count). The molecule has 0 amide bonds. The van der Waals surface area contributed by atoms with Gasteiger partial charge < -0.3 is 104 Å². The molecule has 2 aromatic carbocycles. The number of hydrogen-bond donors (Lipinski definition) is 2. The molecule has 0 spiro atoms. The Kier molecular flexibility index (Phi) is 36.4. The summed E-state index contributed by atoms with van der Waals surface area (Å²) in [6.45, 7) is 9.78. The number of ether oxygens (including phenoxy) is 4. The van der Waals surface area contributed by atoms with E-state index in [2.05, 4.69) is 193 Å². The molecule has 5 saturated heterocycles. The maximum Gasteiger partial charge on any atom is 0.363 e. The van der Waals surface area contributed by atoms with Crippen LogP contribution >= 0.6 is 92.8 Å². The van der Waals surface area contributed by atoms with Crippen molar-refractivity contribution < 1.29 is 33.7 Å². The van der Waals surface area contributed by atoms with Gasteiger partial charge in [-0.1, -0.05) is 94.5 Å². The molecule has 0 saturated carbocycles. The van der Waals surface area contributed by atoms with Crippen LogP contribution in [0.15, 0.2) is 197 Å². The van der Waals surface area contributed by atoms with Crippen LogP contribution in [0.25, 0.3) is 0 Å². The Hall–Kier alpha value is -11.1. The summed E-state index contributed by atoms with van der Waals surface area (Å²) in [4.78, 5) is 129. The van der Waals surface area contributed by atoms with E-state index in [-0.39, 0.29) is 23.0 Å². The Morgan fingerprint density at radius 2 is 0.727 bits per heavy atom. The lowest BCUT2D eigenvalue weighted by Crippen LogP contribution is -2.32. The molecule has 0 aliphatic carbocycles. The van der Waals surface area contributed by atoms with Crippen LogP contribution in [-0.2, 0) is 13.2 Å². The molecule has 5 aliphatic rings. The number of hydrogen-bond acceptors (Lipinski definition) is 39. The van der Waals surface area contributed by atoms with E-state index in [4.69, 9.17) is 52.9 Å². The molecule has 5 unspecified atom stereocenters. The highest BCUT2D eigenvalue weighted by Crippen LogP contribution is 2.39. The normalized spacial score (nSPS) is 16.9. The third kappa shape index (κ3) is 28.5. The summed E-state index contributed by atoms with van der Waals surface area (Å²) in [5, 5.41) is 33.0. The van der Waals surface area contributed by atoms with Gasteiger partial charge in [-0.05, 0) is 221 Å². The van der Waals surface area contributed by atoms with Crippen LogP contribution in [0.4, 0.5) is 53.0 Å². The second-order valence-electron chi connectivity index (χ2n) is 31.9. The number of anilines is 6. The molecular formula is C86H103Cl2IN28O11S4. The number of nitro groups is 3. The summed E-state index contributed by atoms with van der Waals surface area (Å²) in [5.74, 6) is 5.85. The molecule has 14 heterocycles. The van der Waals surface area contributed by atoms with Gasteiger partial charge in [-0.3, -0.25) is 9.78 Å². The summed E-state index contributed by atoms with van der Waals surface area (Å²) >= 11 is 20.2. The van der Waals surface area contributed by atoms with Crippen LogP contribution in [-0.4, -0.2) is 289 Å². The van der Waals surface area contributed by atoms with Gasteiger partial charge in [0.05, 0.1) is 64.5 Å². The van der Waals surface area contributed by atoms with Crippen molar-refractivity contribution in [3.8, 4) is 23.3 Å². The highest BCUT2D eigenvalue weighted by Gasteiger charge is 2.32. The molecule has 698 valence electrons.